The van der Waals surface area contributed by atoms with Crippen molar-refractivity contribution in [2.24, 2.45) is 0 Å². The summed E-state index contributed by atoms with van der Waals surface area (Å²) in [6.45, 7) is 0. The SMILES string of the molecule is COC(CCl)Cc1ccccc1[O]. The fourth-order valence-electron chi connectivity index (χ4n) is 1.12. The first-order chi connectivity index (χ1) is 6.27. The van der Waals surface area contributed by atoms with Crippen LogP contribution in [0.1, 0.15) is 5.56 Å². The molecule has 1 radical (unpaired) electrons. The van der Waals surface area contributed by atoms with Gasteiger partial charge < -0.3 is 4.74 Å². The molecule has 13 heavy (non-hydrogen) atoms. The first-order valence-corrected chi connectivity index (χ1v) is 4.65. The molecular weight excluding hydrogens is 188 g/mol. The highest BCUT2D eigenvalue weighted by molar-refractivity contribution is 6.18. The highest BCUT2D eigenvalue weighted by Crippen LogP contribution is 2.19. The van der Waals surface area contributed by atoms with Crippen LogP contribution >= 0.6 is 11.6 Å². The fraction of sp³-hybridized carbons (Fsp3) is 0.400. The van der Waals surface area contributed by atoms with E-state index in [1.54, 1.807) is 25.3 Å². The van der Waals surface area contributed by atoms with Crippen molar-refractivity contribution in [3.05, 3.63) is 29.8 Å². The summed E-state index contributed by atoms with van der Waals surface area (Å²) < 4.78 is 5.09. The minimum atomic E-state index is -0.0724. The van der Waals surface area contributed by atoms with Crippen molar-refractivity contribution in [1.29, 1.82) is 0 Å². The van der Waals surface area contributed by atoms with Crippen LogP contribution in [0.15, 0.2) is 24.3 Å². The molecule has 0 aliphatic carbocycles. The average Bonchev–Trinajstić information content (AvgIpc) is 2.17. The summed E-state index contributed by atoms with van der Waals surface area (Å²) >= 11 is 5.64. The third-order valence-electron chi connectivity index (χ3n) is 1.93. The van der Waals surface area contributed by atoms with Gasteiger partial charge in [-0.1, -0.05) is 18.2 Å². The molecule has 1 aromatic carbocycles. The summed E-state index contributed by atoms with van der Waals surface area (Å²) in [4.78, 5) is 0. The molecule has 0 bridgehead atoms. The maximum absolute atomic E-state index is 11.3. The van der Waals surface area contributed by atoms with Gasteiger partial charge in [-0.3, -0.25) is 5.11 Å². The van der Waals surface area contributed by atoms with Crippen LogP contribution < -0.4 is 0 Å². The topological polar surface area (TPSA) is 29.1 Å². The van der Waals surface area contributed by atoms with Gasteiger partial charge in [-0.05, 0) is 6.07 Å². The number of alkyl halides is 1. The molecule has 0 N–H and O–H groups in total. The predicted octanol–water partition coefficient (Wildman–Crippen LogP) is 2.63. The van der Waals surface area contributed by atoms with Crippen LogP contribution in [0.2, 0.25) is 0 Å². The van der Waals surface area contributed by atoms with Crippen molar-refractivity contribution in [2.75, 3.05) is 13.0 Å². The Bertz CT molecular complexity index is 259. The lowest BCUT2D eigenvalue weighted by atomic mass is 10.1. The average molecular weight is 200 g/mol. The maximum atomic E-state index is 11.3. The summed E-state index contributed by atoms with van der Waals surface area (Å²) in [5.41, 5.74) is 0.759. The van der Waals surface area contributed by atoms with E-state index < -0.39 is 0 Å². The normalized spacial score (nSPS) is 12.8. The van der Waals surface area contributed by atoms with Gasteiger partial charge in [-0.2, -0.15) is 0 Å². The summed E-state index contributed by atoms with van der Waals surface area (Å²) in [5, 5.41) is 11.3. The molecule has 0 fully saturated rings. The van der Waals surface area contributed by atoms with E-state index in [1.165, 1.54) is 0 Å². The van der Waals surface area contributed by atoms with Crippen LogP contribution in [0.25, 0.3) is 0 Å². The van der Waals surface area contributed by atoms with E-state index >= 15 is 0 Å². The Morgan fingerprint density at radius 2 is 2.15 bits per heavy atom. The largest absolute Gasteiger partial charge is 0.380 e. The smallest absolute Gasteiger partial charge is 0.181 e. The first kappa shape index (κ1) is 10.4. The summed E-state index contributed by atoms with van der Waals surface area (Å²) in [6, 6.07) is 6.93. The molecule has 1 unspecified atom stereocenters. The quantitative estimate of drug-likeness (QED) is 0.686. The molecule has 0 spiro atoms. The third-order valence-corrected chi connectivity index (χ3v) is 2.27. The van der Waals surface area contributed by atoms with Crippen molar-refractivity contribution in [1.82, 2.24) is 0 Å². The molecule has 0 heterocycles. The number of rotatable bonds is 4. The Hall–Kier alpha value is -0.730. The molecule has 0 aliphatic heterocycles. The van der Waals surface area contributed by atoms with E-state index in [1.807, 2.05) is 6.07 Å². The molecule has 2 nitrogen and oxygen atoms in total. The molecule has 1 atom stereocenters. The summed E-state index contributed by atoms with van der Waals surface area (Å²) in [6.07, 6.45) is 0.511. The molecule has 0 aromatic heterocycles. The van der Waals surface area contributed by atoms with E-state index in [9.17, 15) is 5.11 Å². The predicted molar refractivity (Wildman–Crippen MR) is 51.8 cm³/mol. The summed E-state index contributed by atoms with van der Waals surface area (Å²) in [7, 11) is 1.60. The molecule has 0 amide bonds. The number of hydrogen-bond acceptors (Lipinski definition) is 1. The van der Waals surface area contributed by atoms with Crippen molar-refractivity contribution in [3.63, 3.8) is 0 Å². The van der Waals surface area contributed by atoms with E-state index in [0.717, 1.165) is 5.56 Å². The zero-order chi connectivity index (χ0) is 9.68. The molecule has 0 saturated heterocycles. The minimum Gasteiger partial charge on any atom is -0.380 e. The van der Waals surface area contributed by atoms with Gasteiger partial charge in [-0.25, -0.2) is 0 Å². The van der Waals surface area contributed by atoms with Crippen molar-refractivity contribution >= 4 is 11.6 Å². The number of ether oxygens (including phenoxy) is 1. The molecule has 71 valence electrons. The lowest BCUT2D eigenvalue weighted by Crippen LogP contribution is -2.15. The number of para-hydroxylation sites is 1. The molecule has 1 aromatic rings. The van der Waals surface area contributed by atoms with Crippen LogP contribution in [0.3, 0.4) is 0 Å². The summed E-state index contributed by atoms with van der Waals surface area (Å²) in [5.74, 6) is 0.458. The highest BCUT2D eigenvalue weighted by Gasteiger charge is 2.09. The van der Waals surface area contributed by atoms with Gasteiger partial charge in [0, 0.05) is 25.0 Å². The van der Waals surface area contributed by atoms with Crippen LogP contribution in [0, 0.1) is 0 Å². The zero-order valence-electron chi connectivity index (χ0n) is 7.50. The van der Waals surface area contributed by atoms with Crippen molar-refractivity contribution in [2.45, 2.75) is 12.5 Å². The number of benzene rings is 1. The minimum absolute atomic E-state index is 0.0506. The Balaban J connectivity index is 2.67. The third kappa shape index (κ3) is 2.90. The van der Waals surface area contributed by atoms with Crippen molar-refractivity contribution in [3.8, 4) is 5.75 Å². The number of hydrogen-bond donors (Lipinski definition) is 0. The van der Waals surface area contributed by atoms with Gasteiger partial charge in [0.05, 0.1) is 6.10 Å². The van der Waals surface area contributed by atoms with Gasteiger partial charge in [0.15, 0.2) is 5.75 Å². The Morgan fingerprint density at radius 3 is 2.69 bits per heavy atom. The zero-order valence-corrected chi connectivity index (χ0v) is 8.25. The van der Waals surface area contributed by atoms with Crippen LogP contribution in [0.4, 0.5) is 0 Å². The van der Waals surface area contributed by atoms with Gasteiger partial charge >= 0.3 is 0 Å². The van der Waals surface area contributed by atoms with E-state index in [4.69, 9.17) is 16.3 Å². The van der Waals surface area contributed by atoms with Crippen LogP contribution in [0.5, 0.6) is 5.75 Å². The second-order valence-electron chi connectivity index (χ2n) is 2.82. The number of halogens is 1. The molecule has 0 aliphatic rings. The monoisotopic (exact) mass is 199 g/mol. The van der Waals surface area contributed by atoms with Gasteiger partial charge in [0.2, 0.25) is 0 Å². The van der Waals surface area contributed by atoms with E-state index in [-0.39, 0.29) is 11.9 Å². The van der Waals surface area contributed by atoms with Crippen LogP contribution in [-0.4, -0.2) is 19.1 Å². The molecule has 3 heteroatoms. The van der Waals surface area contributed by atoms with Gasteiger partial charge in [-0.15, -0.1) is 11.6 Å². The number of methoxy groups -OCH3 is 1. The molecule has 0 saturated carbocycles. The lowest BCUT2D eigenvalue weighted by molar-refractivity contribution is 0.120. The highest BCUT2D eigenvalue weighted by atomic mass is 35.5. The van der Waals surface area contributed by atoms with Crippen molar-refractivity contribution < 1.29 is 9.84 Å². The standard InChI is InChI=1S/C10H12ClO2/c1-13-9(7-11)6-8-4-2-3-5-10(8)12/h2-5,9H,6-7H2,1H3. The van der Waals surface area contributed by atoms with Crippen LogP contribution in [-0.2, 0) is 16.3 Å². The fourth-order valence-corrected chi connectivity index (χ4v) is 1.35. The molecule has 1 rings (SSSR count). The first-order valence-electron chi connectivity index (χ1n) is 4.11. The Kier molecular flexibility index (Phi) is 4.06. The van der Waals surface area contributed by atoms with E-state index in [0.29, 0.717) is 12.3 Å². The Labute approximate surface area is 83.1 Å². The Morgan fingerprint density at radius 1 is 1.46 bits per heavy atom. The lowest BCUT2D eigenvalue weighted by Gasteiger charge is -2.11. The van der Waals surface area contributed by atoms with Gasteiger partial charge in [0.1, 0.15) is 0 Å². The second-order valence-corrected chi connectivity index (χ2v) is 3.13. The second kappa shape index (κ2) is 5.10. The van der Waals surface area contributed by atoms with Gasteiger partial charge in [0.25, 0.3) is 0 Å². The molecular formula is C10H12ClO2. The maximum Gasteiger partial charge on any atom is 0.181 e. The van der Waals surface area contributed by atoms with E-state index in [2.05, 4.69) is 0 Å².